The van der Waals surface area contributed by atoms with Gasteiger partial charge in [-0.1, -0.05) is 25.5 Å². The minimum Gasteiger partial charge on any atom is -0.364 e. The summed E-state index contributed by atoms with van der Waals surface area (Å²) in [4.78, 5) is 29.2. The molecule has 0 aliphatic carbocycles. The van der Waals surface area contributed by atoms with E-state index in [4.69, 9.17) is 4.84 Å². The highest BCUT2D eigenvalue weighted by Crippen LogP contribution is 2.23. The van der Waals surface area contributed by atoms with Crippen molar-refractivity contribution in [2.24, 2.45) is 0 Å². The maximum Gasteiger partial charge on any atom is 0.359 e. The molecule has 1 amide bonds. The van der Waals surface area contributed by atoms with Crippen LogP contribution in [-0.2, 0) is 16.1 Å². The van der Waals surface area contributed by atoms with E-state index in [1.54, 1.807) is 11.1 Å². The van der Waals surface area contributed by atoms with Crippen molar-refractivity contribution in [3.63, 3.8) is 0 Å². The van der Waals surface area contributed by atoms with Crippen molar-refractivity contribution in [1.29, 1.82) is 0 Å². The Bertz CT molecular complexity index is 522. The van der Waals surface area contributed by atoms with Crippen LogP contribution in [0.1, 0.15) is 49.0 Å². The lowest BCUT2D eigenvalue weighted by Gasteiger charge is -2.25. The van der Waals surface area contributed by atoms with E-state index in [0.29, 0.717) is 11.3 Å². The molecule has 0 radical (unpaired) electrons. The Kier molecular flexibility index (Phi) is 5.33. The highest BCUT2D eigenvalue weighted by atomic mass is 16.7. The summed E-state index contributed by atoms with van der Waals surface area (Å²) in [7, 11) is 0. The Morgan fingerprint density at radius 2 is 1.95 bits per heavy atom. The maximum atomic E-state index is 12.4. The van der Waals surface area contributed by atoms with Crippen LogP contribution < -0.4 is 5.32 Å². The molecule has 0 saturated carbocycles. The number of carbonyl (C=O) groups is 2. The molecule has 1 N–H and O–H groups in total. The minimum absolute atomic E-state index is 0.192. The SMILES string of the molecule is CCc1cccc(C(=O)ON2CCCCC2)c1NC(C)=O. The summed E-state index contributed by atoms with van der Waals surface area (Å²) in [5.41, 5.74) is 1.91. The number of para-hydroxylation sites is 1. The van der Waals surface area contributed by atoms with Crippen LogP contribution in [-0.4, -0.2) is 30.0 Å². The lowest BCUT2D eigenvalue weighted by atomic mass is 10.0. The third kappa shape index (κ3) is 4.04. The van der Waals surface area contributed by atoms with E-state index in [2.05, 4.69) is 5.32 Å². The number of nitrogens with zero attached hydrogens (tertiary/aromatic N) is 1. The van der Waals surface area contributed by atoms with Gasteiger partial charge in [-0.3, -0.25) is 4.79 Å². The Hall–Kier alpha value is -1.88. The van der Waals surface area contributed by atoms with E-state index >= 15 is 0 Å². The van der Waals surface area contributed by atoms with Crippen LogP contribution in [0.25, 0.3) is 0 Å². The van der Waals surface area contributed by atoms with Gasteiger partial charge in [0.2, 0.25) is 5.91 Å². The highest BCUT2D eigenvalue weighted by Gasteiger charge is 2.20. The van der Waals surface area contributed by atoms with E-state index < -0.39 is 5.97 Å². The van der Waals surface area contributed by atoms with Crippen molar-refractivity contribution in [2.45, 2.75) is 39.5 Å². The predicted octanol–water partition coefficient (Wildman–Crippen LogP) is 2.77. The molecule has 1 fully saturated rings. The molecule has 1 aliphatic rings. The fourth-order valence-corrected chi connectivity index (χ4v) is 2.51. The molecule has 1 heterocycles. The van der Waals surface area contributed by atoms with Gasteiger partial charge in [-0.25, -0.2) is 4.79 Å². The number of hydrogen-bond donors (Lipinski definition) is 1. The first kappa shape index (κ1) is 15.5. The predicted molar refractivity (Wildman–Crippen MR) is 81.0 cm³/mol. The molecule has 21 heavy (non-hydrogen) atoms. The fraction of sp³-hybridized carbons (Fsp3) is 0.500. The molecule has 5 heteroatoms. The summed E-state index contributed by atoms with van der Waals surface area (Å²) in [6, 6.07) is 5.41. The maximum absolute atomic E-state index is 12.4. The standard InChI is InChI=1S/C16H22N2O3/c1-3-13-8-7-9-14(15(13)17-12(2)19)16(20)21-18-10-5-4-6-11-18/h7-9H,3-6,10-11H2,1-2H3,(H,17,19). The number of amides is 1. The lowest BCUT2D eigenvalue weighted by Crippen LogP contribution is -2.32. The van der Waals surface area contributed by atoms with Crippen LogP contribution in [0.15, 0.2) is 18.2 Å². The zero-order valence-corrected chi connectivity index (χ0v) is 12.6. The molecule has 0 atom stereocenters. The lowest BCUT2D eigenvalue weighted by molar-refractivity contribution is -0.119. The van der Waals surface area contributed by atoms with Crippen LogP contribution >= 0.6 is 0 Å². The second-order valence-corrected chi connectivity index (χ2v) is 5.24. The number of hydroxylamine groups is 2. The molecule has 2 rings (SSSR count). The fourth-order valence-electron chi connectivity index (χ4n) is 2.51. The van der Waals surface area contributed by atoms with Crippen LogP contribution in [0.4, 0.5) is 5.69 Å². The summed E-state index contributed by atoms with van der Waals surface area (Å²) >= 11 is 0. The average Bonchev–Trinajstić information content (AvgIpc) is 2.47. The first-order chi connectivity index (χ1) is 10.1. The molecular weight excluding hydrogens is 268 g/mol. The zero-order chi connectivity index (χ0) is 15.2. The molecule has 0 spiro atoms. The average molecular weight is 290 g/mol. The third-order valence-corrected chi connectivity index (χ3v) is 3.58. The van der Waals surface area contributed by atoms with Crippen molar-refractivity contribution in [3.05, 3.63) is 29.3 Å². The molecule has 1 aliphatic heterocycles. The number of rotatable bonds is 4. The number of benzene rings is 1. The molecule has 1 aromatic rings. The normalized spacial score (nSPS) is 15.5. The largest absolute Gasteiger partial charge is 0.364 e. The number of nitrogens with one attached hydrogen (secondary N) is 1. The van der Waals surface area contributed by atoms with Gasteiger partial charge < -0.3 is 10.2 Å². The van der Waals surface area contributed by atoms with Gasteiger partial charge >= 0.3 is 5.97 Å². The summed E-state index contributed by atoms with van der Waals surface area (Å²) in [6.45, 7) is 4.97. The molecule has 5 nitrogen and oxygen atoms in total. The Balaban J connectivity index is 2.20. The number of anilines is 1. The molecular formula is C16H22N2O3. The molecule has 114 valence electrons. The van der Waals surface area contributed by atoms with Crippen molar-refractivity contribution in [3.8, 4) is 0 Å². The molecule has 0 bridgehead atoms. The van der Waals surface area contributed by atoms with Gasteiger partial charge in [0.1, 0.15) is 0 Å². The van der Waals surface area contributed by atoms with Gasteiger partial charge in [-0.05, 0) is 30.9 Å². The summed E-state index contributed by atoms with van der Waals surface area (Å²) < 4.78 is 0. The number of hydrogen-bond acceptors (Lipinski definition) is 4. The third-order valence-electron chi connectivity index (χ3n) is 3.58. The number of piperidine rings is 1. The van der Waals surface area contributed by atoms with E-state index in [1.165, 1.54) is 13.3 Å². The van der Waals surface area contributed by atoms with Gasteiger partial charge in [0.05, 0.1) is 11.3 Å². The molecule has 1 saturated heterocycles. The first-order valence-electron chi connectivity index (χ1n) is 7.48. The Labute approximate surface area is 125 Å². The van der Waals surface area contributed by atoms with Crippen molar-refractivity contribution >= 4 is 17.6 Å². The van der Waals surface area contributed by atoms with Gasteiger partial charge in [0.25, 0.3) is 0 Å². The Morgan fingerprint density at radius 1 is 1.24 bits per heavy atom. The Morgan fingerprint density at radius 3 is 2.57 bits per heavy atom. The van der Waals surface area contributed by atoms with E-state index in [-0.39, 0.29) is 5.91 Å². The van der Waals surface area contributed by atoms with Crippen LogP contribution in [0.2, 0.25) is 0 Å². The molecule has 0 unspecified atom stereocenters. The van der Waals surface area contributed by atoms with E-state index in [9.17, 15) is 9.59 Å². The summed E-state index contributed by atoms with van der Waals surface area (Å²) in [5.74, 6) is -0.598. The van der Waals surface area contributed by atoms with Gasteiger partial charge in [-0.2, -0.15) is 0 Å². The number of carbonyl (C=O) groups excluding carboxylic acids is 2. The van der Waals surface area contributed by atoms with Crippen LogP contribution in [0, 0.1) is 0 Å². The molecule has 0 aromatic heterocycles. The zero-order valence-electron chi connectivity index (χ0n) is 12.6. The first-order valence-corrected chi connectivity index (χ1v) is 7.48. The van der Waals surface area contributed by atoms with Crippen LogP contribution in [0.3, 0.4) is 0 Å². The number of aryl methyl sites for hydroxylation is 1. The summed E-state index contributed by atoms with van der Waals surface area (Å²) in [6.07, 6.45) is 4.00. The van der Waals surface area contributed by atoms with Gasteiger partial charge in [0, 0.05) is 20.0 Å². The van der Waals surface area contributed by atoms with Crippen molar-refractivity contribution in [1.82, 2.24) is 5.06 Å². The van der Waals surface area contributed by atoms with E-state index in [1.807, 2.05) is 19.1 Å². The summed E-state index contributed by atoms with van der Waals surface area (Å²) in [5, 5.41) is 4.46. The topological polar surface area (TPSA) is 58.6 Å². The highest BCUT2D eigenvalue weighted by molar-refractivity contribution is 6.01. The quantitative estimate of drug-likeness (QED) is 0.926. The van der Waals surface area contributed by atoms with Crippen molar-refractivity contribution < 1.29 is 14.4 Å². The minimum atomic E-state index is -0.407. The van der Waals surface area contributed by atoms with Crippen molar-refractivity contribution in [2.75, 3.05) is 18.4 Å². The molecule has 1 aromatic carbocycles. The smallest absolute Gasteiger partial charge is 0.359 e. The van der Waals surface area contributed by atoms with E-state index in [0.717, 1.165) is 37.9 Å². The second kappa shape index (κ2) is 7.22. The second-order valence-electron chi connectivity index (χ2n) is 5.24. The van der Waals surface area contributed by atoms with Gasteiger partial charge in [-0.15, -0.1) is 5.06 Å². The van der Waals surface area contributed by atoms with Crippen LogP contribution in [0.5, 0.6) is 0 Å². The van der Waals surface area contributed by atoms with Gasteiger partial charge in [0.15, 0.2) is 0 Å². The monoisotopic (exact) mass is 290 g/mol.